The summed E-state index contributed by atoms with van der Waals surface area (Å²) < 4.78 is 16.0. The highest BCUT2D eigenvalue weighted by Gasteiger charge is 2.47. The van der Waals surface area contributed by atoms with E-state index in [-0.39, 0.29) is 5.41 Å². The molecule has 0 aromatic heterocycles. The Hall–Kier alpha value is -0.120. The summed E-state index contributed by atoms with van der Waals surface area (Å²) in [5.41, 5.74) is 0.0950. The fourth-order valence-corrected chi connectivity index (χ4v) is 1.17. The number of hydrogen-bond donors (Lipinski definition) is 0. The van der Waals surface area contributed by atoms with Crippen LogP contribution in [0.4, 0.5) is 0 Å². The Balaban J connectivity index is 2.16. The van der Waals surface area contributed by atoms with Crippen LogP contribution >= 0.6 is 0 Å². The first-order valence-corrected chi connectivity index (χ1v) is 3.54. The summed E-state index contributed by atoms with van der Waals surface area (Å²) in [6, 6.07) is 0. The predicted molar refractivity (Wildman–Crippen MR) is 34.4 cm³/mol. The van der Waals surface area contributed by atoms with Crippen molar-refractivity contribution >= 4 is 0 Å². The fourth-order valence-electron chi connectivity index (χ4n) is 1.17. The van der Waals surface area contributed by atoms with Crippen LogP contribution in [-0.4, -0.2) is 25.8 Å². The highest BCUT2D eigenvalue weighted by molar-refractivity contribution is 4.82. The first-order chi connectivity index (χ1) is 4.62. The Kier molecular flexibility index (Phi) is 1.14. The molecule has 0 unspecified atom stereocenters. The maximum Gasteiger partial charge on any atom is 0.279 e. The molecule has 0 aromatic carbocycles. The van der Waals surface area contributed by atoms with E-state index in [2.05, 4.69) is 6.92 Å². The summed E-state index contributed by atoms with van der Waals surface area (Å²) in [6.07, 6.45) is 0. The second-order valence-corrected chi connectivity index (χ2v) is 3.54. The van der Waals surface area contributed by atoms with E-state index >= 15 is 0 Å². The molecule has 3 aliphatic rings. The lowest BCUT2D eigenvalue weighted by Gasteiger charge is -2.48. The molecular weight excluding hydrogens is 132 g/mol. The second-order valence-electron chi connectivity index (χ2n) is 3.54. The van der Waals surface area contributed by atoms with Gasteiger partial charge in [0.25, 0.3) is 5.97 Å². The maximum atomic E-state index is 5.32. The standard InChI is InChI=1S/C7H12O3/c1-6-3-8-7(2,9-4-6)10-5-6/h3-5H2,1-2H3. The maximum absolute atomic E-state index is 5.32. The lowest BCUT2D eigenvalue weighted by atomic mass is 9.92. The molecule has 10 heavy (non-hydrogen) atoms. The van der Waals surface area contributed by atoms with Crippen molar-refractivity contribution in [3.8, 4) is 0 Å². The molecule has 3 heteroatoms. The number of ether oxygens (including phenoxy) is 3. The highest BCUT2D eigenvalue weighted by atomic mass is 16.9. The molecular formula is C7H12O3. The average molecular weight is 144 g/mol. The van der Waals surface area contributed by atoms with Crippen LogP contribution in [0.1, 0.15) is 13.8 Å². The van der Waals surface area contributed by atoms with Crippen molar-refractivity contribution < 1.29 is 14.2 Å². The summed E-state index contributed by atoms with van der Waals surface area (Å²) in [6.45, 7) is 6.17. The van der Waals surface area contributed by atoms with Gasteiger partial charge >= 0.3 is 0 Å². The topological polar surface area (TPSA) is 27.7 Å². The number of hydrogen-bond acceptors (Lipinski definition) is 3. The molecule has 3 aliphatic heterocycles. The van der Waals surface area contributed by atoms with Crippen LogP contribution in [0.25, 0.3) is 0 Å². The van der Waals surface area contributed by atoms with Crippen molar-refractivity contribution in [2.45, 2.75) is 19.8 Å². The van der Waals surface area contributed by atoms with Gasteiger partial charge in [-0.1, -0.05) is 6.92 Å². The third-order valence-corrected chi connectivity index (χ3v) is 2.05. The van der Waals surface area contributed by atoms with Gasteiger partial charge in [0.2, 0.25) is 0 Å². The monoisotopic (exact) mass is 144 g/mol. The summed E-state index contributed by atoms with van der Waals surface area (Å²) in [7, 11) is 0. The van der Waals surface area contributed by atoms with E-state index in [1.165, 1.54) is 0 Å². The molecule has 0 aliphatic carbocycles. The molecule has 3 nitrogen and oxygen atoms in total. The normalized spacial score (nSPS) is 53.4. The highest BCUT2D eigenvalue weighted by Crippen LogP contribution is 2.37. The summed E-state index contributed by atoms with van der Waals surface area (Å²) in [4.78, 5) is 0. The average Bonchev–Trinajstić information content (AvgIpc) is 1.93. The Morgan fingerprint density at radius 2 is 1.30 bits per heavy atom. The summed E-state index contributed by atoms with van der Waals surface area (Å²) in [5.74, 6) is -0.738. The Morgan fingerprint density at radius 1 is 0.900 bits per heavy atom. The first-order valence-electron chi connectivity index (χ1n) is 3.54. The first kappa shape index (κ1) is 6.58. The Bertz CT molecular complexity index is 112. The van der Waals surface area contributed by atoms with Crippen molar-refractivity contribution in [3.63, 3.8) is 0 Å². The van der Waals surface area contributed by atoms with Crippen molar-refractivity contribution in [1.29, 1.82) is 0 Å². The van der Waals surface area contributed by atoms with Crippen molar-refractivity contribution in [1.82, 2.24) is 0 Å². The van der Waals surface area contributed by atoms with Gasteiger partial charge in [0, 0.05) is 12.3 Å². The third kappa shape index (κ3) is 0.856. The Labute approximate surface area is 60.3 Å². The number of rotatable bonds is 0. The van der Waals surface area contributed by atoms with E-state index in [1.54, 1.807) is 0 Å². The molecule has 0 atom stereocenters. The lowest BCUT2D eigenvalue weighted by Crippen LogP contribution is -2.57. The lowest BCUT2D eigenvalue weighted by molar-refractivity contribution is -0.457. The molecule has 2 bridgehead atoms. The quantitative estimate of drug-likeness (QED) is 0.502. The van der Waals surface area contributed by atoms with Crippen molar-refractivity contribution in [2.24, 2.45) is 5.41 Å². The van der Waals surface area contributed by atoms with Crippen molar-refractivity contribution in [2.75, 3.05) is 19.8 Å². The largest absolute Gasteiger partial charge is 0.327 e. The minimum absolute atomic E-state index is 0.0950. The summed E-state index contributed by atoms with van der Waals surface area (Å²) in [5, 5.41) is 0. The number of fused-ring (bicyclic) bond motifs is 3. The van der Waals surface area contributed by atoms with Crippen LogP contribution in [0.2, 0.25) is 0 Å². The predicted octanol–water partition coefficient (Wildman–Crippen LogP) is 0.743. The molecule has 0 amide bonds. The van der Waals surface area contributed by atoms with Gasteiger partial charge in [0.15, 0.2) is 0 Å². The van der Waals surface area contributed by atoms with Gasteiger partial charge in [0.1, 0.15) is 0 Å². The molecule has 3 rings (SSSR count). The van der Waals surface area contributed by atoms with E-state index in [4.69, 9.17) is 14.2 Å². The van der Waals surface area contributed by atoms with Gasteiger partial charge < -0.3 is 14.2 Å². The van der Waals surface area contributed by atoms with Crippen LogP contribution in [0, 0.1) is 5.41 Å². The molecule has 0 spiro atoms. The molecule has 0 aromatic rings. The van der Waals surface area contributed by atoms with Gasteiger partial charge in [-0.05, 0) is 0 Å². The van der Waals surface area contributed by atoms with Gasteiger partial charge in [-0.15, -0.1) is 0 Å². The van der Waals surface area contributed by atoms with E-state index in [9.17, 15) is 0 Å². The zero-order chi connectivity index (χ0) is 7.24. The SMILES string of the molecule is CC12COC(C)(OC1)OC2. The van der Waals surface area contributed by atoms with Crippen LogP contribution in [-0.2, 0) is 14.2 Å². The van der Waals surface area contributed by atoms with E-state index in [0.29, 0.717) is 0 Å². The smallest absolute Gasteiger partial charge is 0.279 e. The van der Waals surface area contributed by atoms with Gasteiger partial charge in [-0.2, -0.15) is 0 Å². The van der Waals surface area contributed by atoms with Gasteiger partial charge in [0.05, 0.1) is 19.8 Å². The zero-order valence-corrected chi connectivity index (χ0v) is 6.35. The minimum atomic E-state index is -0.738. The van der Waals surface area contributed by atoms with Gasteiger partial charge in [-0.25, -0.2) is 0 Å². The Morgan fingerprint density at radius 3 is 1.60 bits per heavy atom. The second kappa shape index (κ2) is 1.72. The minimum Gasteiger partial charge on any atom is -0.327 e. The third-order valence-electron chi connectivity index (χ3n) is 2.05. The molecule has 0 saturated carbocycles. The summed E-state index contributed by atoms with van der Waals surface area (Å²) >= 11 is 0. The zero-order valence-electron chi connectivity index (χ0n) is 6.35. The van der Waals surface area contributed by atoms with E-state index in [0.717, 1.165) is 19.8 Å². The molecule has 3 saturated heterocycles. The van der Waals surface area contributed by atoms with Crippen LogP contribution in [0.15, 0.2) is 0 Å². The molecule has 58 valence electrons. The molecule has 3 fully saturated rings. The van der Waals surface area contributed by atoms with Crippen LogP contribution in [0.5, 0.6) is 0 Å². The molecule has 0 N–H and O–H groups in total. The van der Waals surface area contributed by atoms with Crippen LogP contribution in [0.3, 0.4) is 0 Å². The molecule has 3 heterocycles. The fraction of sp³-hybridized carbons (Fsp3) is 1.00. The van der Waals surface area contributed by atoms with Crippen LogP contribution < -0.4 is 0 Å². The molecule has 0 radical (unpaired) electrons. The van der Waals surface area contributed by atoms with E-state index < -0.39 is 5.97 Å². The van der Waals surface area contributed by atoms with Gasteiger partial charge in [-0.3, -0.25) is 0 Å². The van der Waals surface area contributed by atoms with Crippen molar-refractivity contribution in [3.05, 3.63) is 0 Å². The van der Waals surface area contributed by atoms with E-state index in [1.807, 2.05) is 6.92 Å².